The molecule has 0 saturated carbocycles. The number of carbonyl (C=O) groups is 1. The molecule has 190 valence electrons. The number of rotatable bonds is 21. The first-order valence-corrected chi connectivity index (χ1v) is 16.1. The van der Waals surface area contributed by atoms with Gasteiger partial charge < -0.3 is 31.3 Å². The lowest BCUT2D eigenvalue weighted by molar-refractivity contribution is -0.144. The van der Waals surface area contributed by atoms with Gasteiger partial charge in [0.1, 0.15) is 6.04 Å². The van der Waals surface area contributed by atoms with Crippen molar-refractivity contribution in [3.63, 3.8) is 0 Å². The zero-order valence-electron chi connectivity index (χ0n) is 21.0. The lowest BCUT2D eigenvalue weighted by Gasteiger charge is -2.28. The van der Waals surface area contributed by atoms with Crippen LogP contribution in [0.3, 0.4) is 0 Å². The van der Waals surface area contributed by atoms with E-state index < -0.39 is 17.6 Å². The Hall–Kier alpha value is -0.376. The zero-order chi connectivity index (χ0) is 23.9. The van der Waals surface area contributed by atoms with E-state index in [9.17, 15) is 4.79 Å². The Kier molecular flexibility index (Phi) is 15.1. The molecule has 0 radical (unpaired) electrons. The third-order valence-electron chi connectivity index (χ3n) is 4.97. The van der Waals surface area contributed by atoms with E-state index in [0.717, 1.165) is 25.6 Å². The Morgan fingerprint density at radius 3 is 1.53 bits per heavy atom. The SMILES string of the molecule is CCO[Si](CCCOC(=O)[C@@H]1C[N@@]1CCC[Si](OCC)(OCC)OCC)(OCC)OCC. The first kappa shape index (κ1) is 29.7. The molecule has 0 aliphatic carbocycles. The highest BCUT2D eigenvalue weighted by atomic mass is 28.4. The fourth-order valence-corrected chi connectivity index (χ4v) is 8.88. The molecule has 0 aromatic rings. The standard InChI is InChI=1S/C21H45NO8Si2/c1-7-25-31(26-8-2,27-9-3)17-13-15-22-19-20(22)21(23)24-16-14-18-32(28-10-4,29-11-5)30-12-6/h20H,7-19H2,1-6H3/t20-,22+/m0/s1. The molecular formula is C21H45NO8Si2. The topological polar surface area (TPSA) is 84.7 Å². The molecule has 1 rings (SSSR count). The Morgan fingerprint density at radius 1 is 0.719 bits per heavy atom. The van der Waals surface area contributed by atoms with Crippen molar-refractivity contribution in [3.05, 3.63) is 0 Å². The summed E-state index contributed by atoms with van der Waals surface area (Å²) in [4.78, 5) is 14.5. The van der Waals surface area contributed by atoms with Crippen LogP contribution in [0.15, 0.2) is 0 Å². The second-order valence-electron chi connectivity index (χ2n) is 7.35. The predicted molar refractivity (Wildman–Crippen MR) is 126 cm³/mol. The molecule has 0 N–H and O–H groups in total. The normalized spacial score (nSPS) is 18.7. The van der Waals surface area contributed by atoms with E-state index >= 15 is 0 Å². The van der Waals surface area contributed by atoms with Crippen molar-refractivity contribution in [2.75, 3.05) is 59.3 Å². The van der Waals surface area contributed by atoms with Gasteiger partial charge in [0.25, 0.3) is 0 Å². The Bertz CT molecular complexity index is 480. The van der Waals surface area contributed by atoms with Crippen LogP contribution >= 0.6 is 0 Å². The van der Waals surface area contributed by atoms with Crippen LogP contribution in [0.2, 0.25) is 12.1 Å². The van der Waals surface area contributed by atoms with Crippen LogP contribution in [0.25, 0.3) is 0 Å². The molecule has 0 unspecified atom stereocenters. The number of carbonyl (C=O) groups excluding carboxylic acids is 1. The molecule has 0 amide bonds. The molecule has 1 heterocycles. The average molecular weight is 496 g/mol. The van der Waals surface area contributed by atoms with Crippen molar-refractivity contribution in [1.29, 1.82) is 0 Å². The second kappa shape index (κ2) is 16.3. The molecular weight excluding hydrogens is 450 g/mol. The summed E-state index contributed by atoms with van der Waals surface area (Å²) in [5.74, 6) is -0.163. The lowest BCUT2D eigenvalue weighted by atomic mass is 10.4. The summed E-state index contributed by atoms with van der Waals surface area (Å²) in [5, 5.41) is 0. The molecule has 1 saturated heterocycles. The minimum absolute atomic E-state index is 0.148. The molecule has 1 aliphatic rings. The minimum Gasteiger partial charge on any atom is -0.464 e. The number of nitrogens with zero attached hydrogens (tertiary/aromatic N) is 1. The highest BCUT2D eigenvalue weighted by molar-refractivity contribution is 6.61. The molecule has 0 spiro atoms. The van der Waals surface area contributed by atoms with Gasteiger partial charge in [-0.05, 0) is 60.9 Å². The van der Waals surface area contributed by atoms with Gasteiger partial charge in [0.05, 0.1) is 6.61 Å². The smallest absolute Gasteiger partial charge is 0.464 e. The van der Waals surface area contributed by atoms with Gasteiger partial charge in [0.2, 0.25) is 0 Å². The van der Waals surface area contributed by atoms with Crippen molar-refractivity contribution in [3.8, 4) is 0 Å². The summed E-state index contributed by atoms with van der Waals surface area (Å²) in [6.45, 7) is 16.9. The maximum absolute atomic E-state index is 12.4. The second-order valence-corrected chi connectivity index (χ2v) is 12.8. The van der Waals surface area contributed by atoms with Crippen LogP contribution < -0.4 is 0 Å². The van der Waals surface area contributed by atoms with Crippen LogP contribution in [-0.2, 0) is 36.1 Å². The fraction of sp³-hybridized carbons (Fsp3) is 0.952. The monoisotopic (exact) mass is 495 g/mol. The van der Waals surface area contributed by atoms with Crippen LogP contribution in [0.4, 0.5) is 0 Å². The number of ether oxygens (including phenoxy) is 1. The summed E-state index contributed by atoms with van der Waals surface area (Å²) < 4.78 is 40.7. The van der Waals surface area contributed by atoms with E-state index in [1.165, 1.54) is 0 Å². The number of esters is 1. The Labute approximate surface area is 196 Å². The quantitative estimate of drug-likeness (QED) is 0.103. The van der Waals surface area contributed by atoms with E-state index in [4.69, 9.17) is 31.3 Å². The predicted octanol–water partition coefficient (Wildman–Crippen LogP) is 3.09. The van der Waals surface area contributed by atoms with Gasteiger partial charge in [0, 0.05) is 58.3 Å². The fourth-order valence-electron chi connectivity index (χ4n) is 3.70. The van der Waals surface area contributed by atoms with Gasteiger partial charge in [-0.3, -0.25) is 9.69 Å². The Morgan fingerprint density at radius 2 is 1.12 bits per heavy atom. The summed E-state index contributed by atoms with van der Waals surface area (Å²) in [5.41, 5.74) is 0. The first-order chi connectivity index (χ1) is 15.4. The van der Waals surface area contributed by atoms with Gasteiger partial charge in [-0.2, -0.15) is 0 Å². The third-order valence-corrected chi connectivity index (χ3v) is 11.3. The van der Waals surface area contributed by atoms with E-state index in [1.54, 1.807) is 0 Å². The number of hydrogen-bond acceptors (Lipinski definition) is 9. The van der Waals surface area contributed by atoms with Gasteiger partial charge in [-0.1, -0.05) is 0 Å². The maximum Gasteiger partial charge on any atom is 0.501 e. The highest BCUT2D eigenvalue weighted by Gasteiger charge is 2.44. The third kappa shape index (κ3) is 10.3. The van der Waals surface area contributed by atoms with E-state index in [-0.39, 0.29) is 12.0 Å². The zero-order valence-corrected chi connectivity index (χ0v) is 23.0. The van der Waals surface area contributed by atoms with Crippen molar-refractivity contribution in [2.24, 2.45) is 0 Å². The summed E-state index contributed by atoms with van der Waals surface area (Å²) in [6, 6.07) is 1.24. The van der Waals surface area contributed by atoms with Crippen molar-refractivity contribution in [1.82, 2.24) is 4.90 Å². The molecule has 2 atom stereocenters. The maximum atomic E-state index is 12.4. The van der Waals surface area contributed by atoms with Gasteiger partial charge in [0.15, 0.2) is 0 Å². The molecule has 0 aromatic carbocycles. The van der Waals surface area contributed by atoms with Gasteiger partial charge >= 0.3 is 23.6 Å². The van der Waals surface area contributed by atoms with Crippen LogP contribution in [0.1, 0.15) is 54.4 Å². The van der Waals surface area contributed by atoms with Crippen molar-refractivity contribution >= 4 is 23.6 Å². The average Bonchev–Trinajstić information content (AvgIpc) is 3.52. The van der Waals surface area contributed by atoms with Crippen molar-refractivity contribution < 1.29 is 36.1 Å². The Balaban J connectivity index is 2.35. The molecule has 0 bridgehead atoms. The lowest BCUT2D eigenvalue weighted by Crippen LogP contribution is -2.46. The minimum atomic E-state index is -2.68. The molecule has 1 aliphatic heterocycles. The molecule has 1 fully saturated rings. The highest BCUT2D eigenvalue weighted by Crippen LogP contribution is 2.24. The van der Waals surface area contributed by atoms with Gasteiger partial charge in [-0.25, -0.2) is 0 Å². The van der Waals surface area contributed by atoms with E-state index in [2.05, 4.69) is 4.90 Å². The van der Waals surface area contributed by atoms with E-state index in [1.807, 2.05) is 41.5 Å². The summed E-state index contributed by atoms with van der Waals surface area (Å²) in [6.07, 6.45) is 1.52. The van der Waals surface area contributed by atoms with E-state index in [0.29, 0.717) is 58.7 Å². The molecule has 0 aromatic heterocycles. The van der Waals surface area contributed by atoms with Crippen LogP contribution in [0.5, 0.6) is 0 Å². The summed E-state index contributed by atoms with van der Waals surface area (Å²) >= 11 is 0. The summed E-state index contributed by atoms with van der Waals surface area (Å²) in [7, 11) is -5.31. The largest absolute Gasteiger partial charge is 0.501 e. The molecule has 11 heteroatoms. The number of hydrogen-bond donors (Lipinski definition) is 0. The van der Waals surface area contributed by atoms with Crippen molar-refractivity contribution in [2.45, 2.75) is 72.5 Å². The van der Waals surface area contributed by atoms with Gasteiger partial charge in [-0.15, -0.1) is 0 Å². The first-order valence-electron chi connectivity index (χ1n) is 12.2. The molecule has 32 heavy (non-hydrogen) atoms. The molecule has 9 nitrogen and oxygen atoms in total. The van der Waals surface area contributed by atoms with Crippen LogP contribution in [0, 0.1) is 0 Å². The van der Waals surface area contributed by atoms with Crippen LogP contribution in [-0.4, -0.2) is 93.9 Å².